The topological polar surface area (TPSA) is 21.3 Å². The van der Waals surface area contributed by atoms with E-state index in [1.165, 1.54) is 24.1 Å². The summed E-state index contributed by atoms with van der Waals surface area (Å²) in [7, 11) is 0. The molecule has 102 valence electrons. The third kappa shape index (κ3) is 4.54. The van der Waals surface area contributed by atoms with Crippen molar-refractivity contribution in [1.82, 2.24) is 5.32 Å². The molecule has 1 fully saturated rings. The van der Waals surface area contributed by atoms with Gasteiger partial charge >= 0.3 is 0 Å². The minimum absolute atomic E-state index is 0.470. The summed E-state index contributed by atoms with van der Waals surface area (Å²) >= 11 is 7.61. The quantitative estimate of drug-likeness (QED) is 0.857. The second kappa shape index (κ2) is 7.49. The molecule has 0 bridgehead atoms. The highest BCUT2D eigenvalue weighted by molar-refractivity contribution is 7.16. The van der Waals surface area contributed by atoms with Crippen molar-refractivity contribution < 1.29 is 4.74 Å². The predicted molar refractivity (Wildman–Crippen MR) is 78.7 cm³/mol. The molecule has 2 unspecified atom stereocenters. The minimum atomic E-state index is 0.470. The van der Waals surface area contributed by atoms with Gasteiger partial charge < -0.3 is 10.1 Å². The highest BCUT2D eigenvalue weighted by atomic mass is 35.5. The van der Waals surface area contributed by atoms with Crippen molar-refractivity contribution >= 4 is 22.9 Å². The number of rotatable bonds is 6. The van der Waals surface area contributed by atoms with Crippen LogP contribution in [-0.2, 0) is 11.2 Å². The van der Waals surface area contributed by atoms with Crippen molar-refractivity contribution in [3.8, 4) is 0 Å². The van der Waals surface area contributed by atoms with Gasteiger partial charge in [0.05, 0.1) is 10.4 Å². The van der Waals surface area contributed by atoms with E-state index in [9.17, 15) is 0 Å². The fourth-order valence-electron chi connectivity index (χ4n) is 2.47. The van der Waals surface area contributed by atoms with Crippen LogP contribution >= 0.6 is 22.9 Å². The third-order valence-corrected chi connectivity index (χ3v) is 4.70. The smallest absolute Gasteiger partial charge is 0.0931 e. The molecule has 1 saturated heterocycles. The molecule has 0 radical (unpaired) electrons. The molecule has 0 aliphatic carbocycles. The molecule has 1 aromatic rings. The Bertz CT molecular complexity index is 353. The first kappa shape index (κ1) is 14.3. The average Bonchev–Trinajstić information content (AvgIpc) is 2.76. The van der Waals surface area contributed by atoms with E-state index in [-0.39, 0.29) is 0 Å². The summed E-state index contributed by atoms with van der Waals surface area (Å²) in [6.45, 7) is 4.18. The van der Waals surface area contributed by atoms with Crippen LogP contribution < -0.4 is 5.32 Å². The van der Waals surface area contributed by atoms with E-state index in [0.717, 1.165) is 30.3 Å². The second-order valence-corrected chi connectivity index (χ2v) is 6.71. The van der Waals surface area contributed by atoms with E-state index < -0.39 is 0 Å². The Hall–Kier alpha value is -0.0900. The Morgan fingerprint density at radius 2 is 2.39 bits per heavy atom. The van der Waals surface area contributed by atoms with Crippen LogP contribution in [0.25, 0.3) is 0 Å². The van der Waals surface area contributed by atoms with Gasteiger partial charge in [0, 0.05) is 24.1 Å². The average molecular weight is 288 g/mol. The Labute approximate surface area is 119 Å². The van der Waals surface area contributed by atoms with E-state index in [0.29, 0.717) is 12.1 Å². The lowest BCUT2D eigenvalue weighted by Gasteiger charge is -2.30. The number of halogens is 1. The van der Waals surface area contributed by atoms with E-state index in [1.807, 2.05) is 6.07 Å². The Kier molecular flexibility index (Phi) is 5.96. The molecule has 2 atom stereocenters. The lowest BCUT2D eigenvalue weighted by atomic mass is 10.00. The zero-order valence-corrected chi connectivity index (χ0v) is 12.5. The van der Waals surface area contributed by atoms with Crippen LogP contribution in [0.5, 0.6) is 0 Å². The van der Waals surface area contributed by atoms with Gasteiger partial charge in [0.15, 0.2) is 0 Å². The van der Waals surface area contributed by atoms with Gasteiger partial charge in [-0.15, -0.1) is 11.3 Å². The standard InChI is InChI=1S/C14H22ClNOS/c1-2-3-12-10-11(7-9-17-12)16-8-6-13-4-5-14(15)18-13/h4-5,11-12,16H,2-3,6-10H2,1H3. The van der Waals surface area contributed by atoms with Gasteiger partial charge in [0.1, 0.15) is 0 Å². The van der Waals surface area contributed by atoms with Crippen molar-refractivity contribution in [2.24, 2.45) is 0 Å². The van der Waals surface area contributed by atoms with E-state index in [4.69, 9.17) is 16.3 Å². The molecular weight excluding hydrogens is 266 g/mol. The number of hydrogen-bond donors (Lipinski definition) is 1. The minimum Gasteiger partial charge on any atom is -0.378 e. The molecule has 2 rings (SSSR count). The fraction of sp³-hybridized carbons (Fsp3) is 0.714. The van der Waals surface area contributed by atoms with Gasteiger partial charge in [-0.3, -0.25) is 0 Å². The van der Waals surface area contributed by atoms with Crippen molar-refractivity contribution in [1.29, 1.82) is 0 Å². The molecule has 1 aromatic heterocycles. The Morgan fingerprint density at radius 1 is 1.50 bits per heavy atom. The van der Waals surface area contributed by atoms with E-state index in [1.54, 1.807) is 11.3 Å². The van der Waals surface area contributed by atoms with Gasteiger partial charge in [0.2, 0.25) is 0 Å². The van der Waals surface area contributed by atoms with Crippen LogP contribution in [0.3, 0.4) is 0 Å². The Morgan fingerprint density at radius 3 is 3.11 bits per heavy atom. The maximum absolute atomic E-state index is 5.92. The molecule has 0 amide bonds. The zero-order chi connectivity index (χ0) is 12.8. The first-order valence-corrected chi connectivity index (χ1v) is 8.06. The van der Waals surface area contributed by atoms with Crippen LogP contribution in [0.15, 0.2) is 12.1 Å². The molecule has 2 nitrogen and oxygen atoms in total. The third-order valence-electron chi connectivity index (χ3n) is 3.41. The summed E-state index contributed by atoms with van der Waals surface area (Å²) in [6, 6.07) is 4.73. The van der Waals surface area contributed by atoms with Crippen LogP contribution in [0.2, 0.25) is 4.34 Å². The van der Waals surface area contributed by atoms with Crippen molar-refractivity contribution in [3.05, 3.63) is 21.3 Å². The normalized spacial score (nSPS) is 24.3. The molecule has 0 saturated carbocycles. The number of ether oxygens (including phenoxy) is 1. The summed E-state index contributed by atoms with van der Waals surface area (Å²) < 4.78 is 6.65. The first-order chi connectivity index (χ1) is 8.78. The summed E-state index contributed by atoms with van der Waals surface area (Å²) in [4.78, 5) is 1.37. The molecule has 0 spiro atoms. The molecule has 2 heterocycles. The van der Waals surface area contributed by atoms with Gasteiger partial charge in [-0.25, -0.2) is 0 Å². The molecular formula is C14H22ClNOS. The monoisotopic (exact) mass is 287 g/mol. The summed E-state index contributed by atoms with van der Waals surface area (Å²) in [5.74, 6) is 0. The highest BCUT2D eigenvalue weighted by Gasteiger charge is 2.21. The zero-order valence-electron chi connectivity index (χ0n) is 11.0. The lowest BCUT2D eigenvalue weighted by Crippen LogP contribution is -2.39. The number of nitrogens with one attached hydrogen (secondary N) is 1. The second-order valence-electron chi connectivity index (χ2n) is 4.91. The van der Waals surface area contributed by atoms with Crippen LogP contribution in [0.1, 0.15) is 37.5 Å². The fourth-order valence-corrected chi connectivity index (χ4v) is 3.56. The highest BCUT2D eigenvalue weighted by Crippen LogP contribution is 2.22. The molecule has 0 aromatic carbocycles. The first-order valence-electron chi connectivity index (χ1n) is 6.87. The molecule has 4 heteroatoms. The van der Waals surface area contributed by atoms with Crippen LogP contribution in [-0.4, -0.2) is 25.3 Å². The molecule has 1 aliphatic heterocycles. The molecule has 1 N–H and O–H groups in total. The molecule has 18 heavy (non-hydrogen) atoms. The van der Waals surface area contributed by atoms with Gasteiger partial charge in [-0.2, -0.15) is 0 Å². The maximum Gasteiger partial charge on any atom is 0.0931 e. The number of hydrogen-bond acceptors (Lipinski definition) is 3. The predicted octanol–water partition coefficient (Wildman–Crippen LogP) is 3.88. The van der Waals surface area contributed by atoms with Gasteiger partial charge in [0.25, 0.3) is 0 Å². The molecule has 1 aliphatic rings. The Balaban J connectivity index is 1.66. The van der Waals surface area contributed by atoms with Crippen molar-refractivity contribution in [2.45, 2.75) is 51.2 Å². The van der Waals surface area contributed by atoms with Crippen LogP contribution in [0, 0.1) is 0 Å². The maximum atomic E-state index is 5.92. The van der Waals surface area contributed by atoms with Crippen LogP contribution in [0.4, 0.5) is 0 Å². The number of thiophene rings is 1. The summed E-state index contributed by atoms with van der Waals surface area (Å²) in [5, 5.41) is 3.65. The van der Waals surface area contributed by atoms with E-state index >= 15 is 0 Å². The lowest BCUT2D eigenvalue weighted by molar-refractivity contribution is -0.00299. The summed E-state index contributed by atoms with van der Waals surface area (Å²) in [5.41, 5.74) is 0. The van der Waals surface area contributed by atoms with Gasteiger partial charge in [-0.05, 0) is 37.8 Å². The van der Waals surface area contributed by atoms with Crippen molar-refractivity contribution in [2.75, 3.05) is 13.2 Å². The summed E-state index contributed by atoms with van der Waals surface area (Å²) in [6.07, 6.45) is 6.26. The largest absolute Gasteiger partial charge is 0.378 e. The van der Waals surface area contributed by atoms with E-state index in [2.05, 4.69) is 18.3 Å². The van der Waals surface area contributed by atoms with Crippen molar-refractivity contribution in [3.63, 3.8) is 0 Å². The SMILES string of the molecule is CCCC1CC(NCCc2ccc(Cl)s2)CCO1. The van der Waals surface area contributed by atoms with Gasteiger partial charge in [-0.1, -0.05) is 24.9 Å².